The van der Waals surface area contributed by atoms with Crippen LogP contribution in [0.3, 0.4) is 0 Å². The predicted octanol–water partition coefficient (Wildman–Crippen LogP) is 3.99. The number of benzene rings is 1. The van der Waals surface area contributed by atoms with E-state index in [1.54, 1.807) is 0 Å². The largest absolute Gasteiger partial charge is 0.464 e. The van der Waals surface area contributed by atoms with Gasteiger partial charge in [-0.1, -0.05) is 44.2 Å². The highest BCUT2D eigenvalue weighted by atomic mass is 32.3. The van der Waals surface area contributed by atoms with Gasteiger partial charge in [-0.05, 0) is 29.9 Å². The lowest BCUT2D eigenvalue weighted by Gasteiger charge is -2.39. The number of hydrogen-bond acceptors (Lipinski definition) is 1. The van der Waals surface area contributed by atoms with Gasteiger partial charge in [-0.2, -0.15) is 10.2 Å². The van der Waals surface area contributed by atoms with Crippen LogP contribution < -0.4 is 4.72 Å². The zero-order valence-corrected chi connectivity index (χ0v) is 12.0. The molecule has 0 atom stereocenters. The fraction of sp³-hybridized carbons (Fsp3) is 0.500. The molecule has 1 aromatic carbocycles. The first kappa shape index (κ1) is 14.9. The third kappa shape index (κ3) is 4.61. The van der Waals surface area contributed by atoms with Crippen molar-refractivity contribution in [2.75, 3.05) is 11.5 Å². The minimum absolute atomic E-state index is 0.849. The molecule has 18 heavy (non-hydrogen) atoms. The summed E-state index contributed by atoms with van der Waals surface area (Å²) in [7, 11) is -1.30. The smallest absolute Gasteiger partial charge is 0.413 e. The average molecular weight is 269 g/mol. The van der Waals surface area contributed by atoms with Crippen molar-refractivity contribution >= 4 is 16.3 Å². The van der Waals surface area contributed by atoms with Crippen molar-refractivity contribution < 1.29 is 9.90 Å². The van der Waals surface area contributed by atoms with Crippen molar-refractivity contribution in [1.29, 1.82) is 0 Å². The van der Waals surface area contributed by atoms with Crippen LogP contribution in [0.2, 0.25) is 0 Å². The van der Waals surface area contributed by atoms with Crippen LogP contribution in [-0.4, -0.2) is 22.7 Å². The highest BCUT2D eigenvalue weighted by molar-refractivity contribution is 8.31. The van der Waals surface area contributed by atoms with Crippen molar-refractivity contribution in [3.05, 3.63) is 35.9 Å². The fourth-order valence-corrected chi connectivity index (χ4v) is 5.78. The lowest BCUT2D eigenvalue weighted by Crippen LogP contribution is -2.31. The molecule has 102 valence electrons. The van der Waals surface area contributed by atoms with E-state index in [0.717, 1.165) is 30.1 Å². The van der Waals surface area contributed by atoms with Crippen molar-refractivity contribution in [3.8, 4) is 0 Å². The molecule has 0 fully saturated rings. The number of amides is 1. The van der Waals surface area contributed by atoms with Gasteiger partial charge in [0.2, 0.25) is 0 Å². The molecule has 1 aromatic rings. The van der Waals surface area contributed by atoms with Gasteiger partial charge in [-0.15, -0.1) is 0 Å². The van der Waals surface area contributed by atoms with E-state index in [4.69, 9.17) is 5.11 Å². The monoisotopic (exact) mass is 269 g/mol. The van der Waals surface area contributed by atoms with Gasteiger partial charge in [0.25, 0.3) is 0 Å². The predicted molar refractivity (Wildman–Crippen MR) is 79.2 cm³/mol. The summed E-state index contributed by atoms with van der Waals surface area (Å²) >= 11 is 0. The average Bonchev–Trinajstić information content (AvgIpc) is 2.29. The standard InChI is InChI=1S/C14H23NO2S/c1-3-10-18(11-4-2,15-14(16)17)12-13-8-6-5-7-9-13/h5-9,15H,3-4,10-12H2,1-2H3,(H,16,17). The first-order valence-corrected chi connectivity index (χ1v) is 8.57. The van der Waals surface area contributed by atoms with Gasteiger partial charge in [0.15, 0.2) is 0 Å². The maximum Gasteiger partial charge on any atom is 0.413 e. The number of carbonyl (C=O) groups is 1. The maximum absolute atomic E-state index is 11.1. The molecule has 0 aromatic heterocycles. The third-order valence-corrected chi connectivity index (χ3v) is 6.65. The van der Waals surface area contributed by atoms with E-state index in [0.29, 0.717) is 0 Å². The molecule has 0 bridgehead atoms. The molecule has 0 radical (unpaired) electrons. The van der Waals surface area contributed by atoms with Gasteiger partial charge in [0, 0.05) is 5.75 Å². The lowest BCUT2D eigenvalue weighted by molar-refractivity contribution is 0.201. The van der Waals surface area contributed by atoms with Crippen LogP contribution in [0.5, 0.6) is 0 Å². The summed E-state index contributed by atoms with van der Waals surface area (Å²) in [5, 5.41) is 9.09. The second kappa shape index (κ2) is 7.31. The Morgan fingerprint density at radius 1 is 1.17 bits per heavy atom. The molecule has 1 rings (SSSR count). The van der Waals surface area contributed by atoms with E-state index < -0.39 is 16.3 Å². The normalized spacial score (nSPS) is 12.1. The Labute approximate surface area is 111 Å². The summed E-state index contributed by atoms with van der Waals surface area (Å²) in [6.07, 6.45) is 1.15. The minimum atomic E-state index is -1.30. The number of nitrogens with one attached hydrogen (secondary N) is 1. The Bertz CT molecular complexity index is 361. The van der Waals surface area contributed by atoms with Gasteiger partial charge in [0.05, 0.1) is 0 Å². The molecule has 0 aliphatic heterocycles. The van der Waals surface area contributed by atoms with Crippen molar-refractivity contribution in [2.45, 2.75) is 32.4 Å². The molecule has 0 saturated heterocycles. The summed E-state index contributed by atoms with van der Waals surface area (Å²) in [5.41, 5.74) is 1.23. The fourth-order valence-electron chi connectivity index (χ4n) is 2.24. The summed E-state index contributed by atoms with van der Waals surface area (Å²) in [6.45, 7) is 4.23. The van der Waals surface area contributed by atoms with Gasteiger partial charge in [0.1, 0.15) is 0 Å². The molecule has 0 heterocycles. The molecule has 0 unspecified atom stereocenters. The molecule has 2 N–H and O–H groups in total. The summed E-state index contributed by atoms with van der Waals surface area (Å²) in [5.74, 6) is 2.77. The van der Waals surface area contributed by atoms with E-state index in [-0.39, 0.29) is 0 Å². The van der Waals surface area contributed by atoms with Crippen LogP contribution in [0.15, 0.2) is 30.3 Å². The molecule has 0 aliphatic rings. The zero-order valence-electron chi connectivity index (χ0n) is 11.2. The van der Waals surface area contributed by atoms with E-state index in [1.165, 1.54) is 5.56 Å². The van der Waals surface area contributed by atoms with E-state index >= 15 is 0 Å². The van der Waals surface area contributed by atoms with Crippen LogP contribution in [0.4, 0.5) is 4.79 Å². The molecule has 1 amide bonds. The van der Waals surface area contributed by atoms with Crippen molar-refractivity contribution in [2.24, 2.45) is 0 Å². The van der Waals surface area contributed by atoms with E-state index in [9.17, 15) is 4.79 Å². The topological polar surface area (TPSA) is 49.3 Å². The van der Waals surface area contributed by atoms with Crippen molar-refractivity contribution in [1.82, 2.24) is 4.72 Å². The van der Waals surface area contributed by atoms with Gasteiger partial charge >= 0.3 is 6.09 Å². The lowest BCUT2D eigenvalue weighted by atomic mass is 10.2. The van der Waals surface area contributed by atoms with Crippen molar-refractivity contribution in [3.63, 3.8) is 0 Å². The molecule has 0 aliphatic carbocycles. The van der Waals surface area contributed by atoms with Gasteiger partial charge in [-0.3, -0.25) is 4.72 Å². The quantitative estimate of drug-likeness (QED) is 0.786. The second-order valence-corrected chi connectivity index (χ2v) is 7.89. The Hall–Kier alpha value is -1.16. The highest BCUT2D eigenvalue weighted by Crippen LogP contribution is 2.48. The van der Waals surface area contributed by atoms with Crippen LogP contribution in [0.25, 0.3) is 0 Å². The number of rotatable bonds is 7. The number of hydrogen-bond donors (Lipinski definition) is 2. The molecular weight excluding hydrogens is 246 g/mol. The molecule has 0 spiro atoms. The maximum atomic E-state index is 11.1. The van der Waals surface area contributed by atoms with E-state index in [1.807, 2.05) is 18.2 Å². The van der Waals surface area contributed by atoms with Crippen LogP contribution in [0, 0.1) is 0 Å². The Balaban J connectivity index is 2.89. The minimum Gasteiger partial charge on any atom is -0.464 e. The third-order valence-electron chi connectivity index (χ3n) is 2.78. The summed E-state index contributed by atoms with van der Waals surface area (Å²) < 4.78 is 2.84. The zero-order chi connectivity index (χ0) is 13.4. The first-order chi connectivity index (χ1) is 8.62. The van der Waals surface area contributed by atoms with Crippen LogP contribution in [-0.2, 0) is 5.75 Å². The number of carboxylic acid groups (broad SMARTS) is 1. The second-order valence-electron chi connectivity index (χ2n) is 4.49. The van der Waals surface area contributed by atoms with Gasteiger partial charge < -0.3 is 5.11 Å². The Morgan fingerprint density at radius 2 is 1.72 bits per heavy atom. The van der Waals surface area contributed by atoms with Crippen LogP contribution in [0.1, 0.15) is 32.3 Å². The molecule has 0 saturated carbocycles. The Morgan fingerprint density at radius 3 is 2.17 bits per heavy atom. The van der Waals surface area contributed by atoms with E-state index in [2.05, 4.69) is 30.7 Å². The Kier molecular flexibility index (Phi) is 6.05. The first-order valence-electron chi connectivity index (χ1n) is 6.43. The molecule has 3 nitrogen and oxygen atoms in total. The summed E-state index contributed by atoms with van der Waals surface area (Å²) in [6, 6.07) is 10.2. The highest BCUT2D eigenvalue weighted by Gasteiger charge is 2.24. The SMILES string of the molecule is CCCS(CCC)(Cc1ccccc1)NC(=O)O. The summed E-state index contributed by atoms with van der Waals surface area (Å²) in [4.78, 5) is 11.1. The van der Waals surface area contributed by atoms with Crippen LogP contribution >= 0.6 is 10.2 Å². The molecule has 4 heteroatoms. The molecular formula is C14H23NO2S. The van der Waals surface area contributed by atoms with Gasteiger partial charge in [-0.25, -0.2) is 4.79 Å².